The molecule has 0 radical (unpaired) electrons. The molecule has 1 aromatic heterocycles. The van der Waals surface area contributed by atoms with Crippen LogP contribution in [0.4, 0.5) is 0 Å². The van der Waals surface area contributed by atoms with E-state index in [4.69, 9.17) is 4.74 Å². The molecule has 1 heterocycles. The van der Waals surface area contributed by atoms with Crippen LogP contribution >= 0.6 is 0 Å². The van der Waals surface area contributed by atoms with Crippen molar-refractivity contribution in [1.82, 2.24) is 0 Å². The van der Waals surface area contributed by atoms with Gasteiger partial charge in [-0.2, -0.15) is 4.57 Å². The van der Waals surface area contributed by atoms with Gasteiger partial charge < -0.3 is 4.74 Å². The molecule has 0 aliphatic carbocycles. The first-order chi connectivity index (χ1) is 8.87. The molecule has 0 unspecified atom stereocenters. The molecule has 100 valence electrons. The quantitative estimate of drug-likeness (QED) is 0.612. The summed E-state index contributed by atoms with van der Waals surface area (Å²) in [5, 5.41) is 1.16. The Labute approximate surface area is 113 Å². The Morgan fingerprint density at radius 1 is 1.21 bits per heavy atom. The number of aromatic nitrogens is 1. The van der Waals surface area contributed by atoms with Gasteiger partial charge in [0.1, 0.15) is 5.60 Å². The van der Waals surface area contributed by atoms with E-state index in [1.54, 1.807) is 0 Å². The largest absolute Gasteiger partial charge is 0.455 e. The second kappa shape index (κ2) is 5.00. The van der Waals surface area contributed by atoms with E-state index in [1.165, 1.54) is 5.56 Å². The normalized spacial score (nSPS) is 11.6. The molecule has 0 spiro atoms. The summed E-state index contributed by atoms with van der Waals surface area (Å²) in [7, 11) is 0. The molecule has 19 heavy (non-hydrogen) atoms. The Hall–Kier alpha value is -1.90. The molecule has 2 rings (SSSR count). The SMILES string of the molecule is Cc1cc[n+](CC(=O)OC(C)(C)C)c2ccccc12. The molecule has 0 aliphatic heterocycles. The van der Waals surface area contributed by atoms with Gasteiger partial charge in [-0.25, -0.2) is 4.79 Å². The molecule has 3 heteroatoms. The van der Waals surface area contributed by atoms with E-state index in [1.807, 2.05) is 55.8 Å². The lowest BCUT2D eigenvalue weighted by Crippen LogP contribution is -2.41. The molecule has 0 aliphatic rings. The molecular formula is C16H20NO2+. The number of hydrogen-bond donors (Lipinski definition) is 0. The number of rotatable bonds is 2. The standard InChI is InChI=1S/C16H20NO2/c1-12-9-10-17(11-15(18)19-16(2,3)4)14-8-6-5-7-13(12)14/h5-10H,11H2,1-4H3/q+1. The third-order valence-electron chi connectivity index (χ3n) is 2.86. The summed E-state index contributed by atoms with van der Waals surface area (Å²) in [5.74, 6) is -0.216. The summed E-state index contributed by atoms with van der Waals surface area (Å²) in [5.41, 5.74) is 1.81. The zero-order valence-corrected chi connectivity index (χ0v) is 11.9. The number of carbonyl (C=O) groups is 1. The van der Waals surface area contributed by atoms with E-state index in [9.17, 15) is 4.79 Å². The van der Waals surface area contributed by atoms with Gasteiger partial charge in [-0.15, -0.1) is 0 Å². The Bertz CT molecular complexity index is 612. The number of aryl methyl sites for hydroxylation is 1. The lowest BCUT2D eigenvalue weighted by Gasteiger charge is -2.18. The fourth-order valence-corrected chi connectivity index (χ4v) is 2.08. The van der Waals surface area contributed by atoms with Crippen molar-refractivity contribution in [2.24, 2.45) is 0 Å². The van der Waals surface area contributed by atoms with E-state index in [0.29, 0.717) is 0 Å². The smallest absolute Gasteiger partial charge is 0.373 e. The van der Waals surface area contributed by atoms with Gasteiger partial charge in [-0.05, 0) is 39.3 Å². The molecule has 1 aromatic carbocycles. The third-order valence-corrected chi connectivity index (χ3v) is 2.86. The van der Waals surface area contributed by atoms with Gasteiger partial charge in [0.25, 0.3) is 0 Å². The Balaban J connectivity index is 2.31. The predicted molar refractivity (Wildman–Crippen MR) is 74.7 cm³/mol. The summed E-state index contributed by atoms with van der Waals surface area (Å²) in [6.45, 7) is 7.94. The molecular weight excluding hydrogens is 238 g/mol. The van der Waals surface area contributed by atoms with Gasteiger partial charge in [0.05, 0.1) is 0 Å². The highest BCUT2D eigenvalue weighted by Crippen LogP contribution is 2.14. The number of ether oxygens (including phenoxy) is 1. The summed E-state index contributed by atoms with van der Waals surface area (Å²) in [6.07, 6.45) is 1.93. The average Bonchev–Trinajstić information content (AvgIpc) is 2.31. The van der Waals surface area contributed by atoms with Crippen LogP contribution in [0.1, 0.15) is 26.3 Å². The van der Waals surface area contributed by atoms with E-state index < -0.39 is 5.60 Å². The van der Waals surface area contributed by atoms with E-state index in [2.05, 4.69) is 13.0 Å². The minimum Gasteiger partial charge on any atom is -0.455 e. The maximum absolute atomic E-state index is 11.9. The van der Waals surface area contributed by atoms with Crippen LogP contribution in [0, 0.1) is 6.92 Å². The molecule has 0 atom stereocenters. The van der Waals surface area contributed by atoms with E-state index >= 15 is 0 Å². The fraction of sp³-hybridized carbons (Fsp3) is 0.375. The lowest BCUT2D eigenvalue weighted by atomic mass is 10.1. The van der Waals surface area contributed by atoms with Crippen LogP contribution in [-0.2, 0) is 16.1 Å². The van der Waals surface area contributed by atoms with Crippen molar-refractivity contribution in [3.05, 3.63) is 42.1 Å². The molecule has 2 aromatic rings. The summed E-state index contributed by atoms with van der Waals surface area (Å²) in [4.78, 5) is 11.9. The van der Waals surface area contributed by atoms with Gasteiger partial charge in [0.15, 0.2) is 6.20 Å². The Kier molecular flexibility index (Phi) is 3.56. The van der Waals surface area contributed by atoms with Crippen LogP contribution < -0.4 is 4.57 Å². The lowest BCUT2D eigenvalue weighted by molar-refractivity contribution is -0.660. The molecule has 0 bridgehead atoms. The predicted octanol–water partition coefficient (Wildman–Crippen LogP) is 2.78. The number of para-hydroxylation sites is 1. The van der Waals surface area contributed by atoms with Gasteiger partial charge in [0.2, 0.25) is 12.1 Å². The highest BCUT2D eigenvalue weighted by Gasteiger charge is 2.21. The first kappa shape index (κ1) is 13.5. The van der Waals surface area contributed by atoms with Gasteiger partial charge in [-0.1, -0.05) is 12.1 Å². The highest BCUT2D eigenvalue weighted by atomic mass is 16.6. The molecule has 0 saturated carbocycles. The summed E-state index contributed by atoms with van der Waals surface area (Å²) in [6, 6.07) is 10.1. The van der Waals surface area contributed by atoms with Crippen LogP contribution in [0.2, 0.25) is 0 Å². The first-order valence-corrected chi connectivity index (χ1v) is 6.46. The van der Waals surface area contributed by atoms with Crippen molar-refractivity contribution >= 4 is 16.9 Å². The number of fused-ring (bicyclic) bond motifs is 1. The number of esters is 1. The van der Waals surface area contributed by atoms with Gasteiger partial charge in [-0.3, -0.25) is 0 Å². The summed E-state index contributed by atoms with van der Waals surface area (Å²) < 4.78 is 7.29. The van der Waals surface area contributed by atoms with Crippen LogP contribution in [0.5, 0.6) is 0 Å². The molecule has 0 N–H and O–H groups in total. The van der Waals surface area contributed by atoms with E-state index in [0.717, 1.165) is 10.9 Å². The maximum atomic E-state index is 11.9. The first-order valence-electron chi connectivity index (χ1n) is 6.46. The number of nitrogens with zero attached hydrogens (tertiary/aromatic N) is 1. The minimum absolute atomic E-state index is 0.216. The fourth-order valence-electron chi connectivity index (χ4n) is 2.08. The summed E-state index contributed by atoms with van der Waals surface area (Å²) >= 11 is 0. The Morgan fingerprint density at radius 2 is 1.89 bits per heavy atom. The van der Waals surface area contributed by atoms with Gasteiger partial charge >= 0.3 is 5.97 Å². The van der Waals surface area contributed by atoms with E-state index in [-0.39, 0.29) is 12.5 Å². The molecule has 0 amide bonds. The average molecular weight is 258 g/mol. The van der Waals surface area contributed by atoms with Crippen molar-refractivity contribution in [3.8, 4) is 0 Å². The van der Waals surface area contributed by atoms with Gasteiger partial charge in [0, 0.05) is 17.5 Å². The highest BCUT2D eigenvalue weighted by molar-refractivity contribution is 5.79. The number of hydrogen-bond acceptors (Lipinski definition) is 2. The van der Waals surface area contributed by atoms with Crippen molar-refractivity contribution in [2.45, 2.75) is 39.8 Å². The minimum atomic E-state index is -0.446. The Morgan fingerprint density at radius 3 is 2.58 bits per heavy atom. The van der Waals surface area contributed by atoms with Crippen molar-refractivity contribution < 1.29 is 14.1 Å². The van der Waals surface area contributed by atoms with Crippen LogP contribution in [0.3, 0.4) is 0 Å². The zero-order valence-electron chi connectivity index (χ0n) is 11.9. The molecule has 0 saturated heterocycles. The van der Waals surface area contributed by atoms with Crippen molar-refractivity contribution in [1.29, 1.82) is 0 Å². The molecule has 0 fully saturated rings. The van der Waals surface area contributed by atoms with Crippen LogP contribution in [0.25, 0.3) is 10.9 Å². The second-order valence-electron chi connectivity index (χ2n) is 5.73. The number of carbonyl (C=O) groups excluding carboxylic acids is 1. The zero-order chi connectivity index (χ0) is 14.0. The topological polar surface area (TPSA) is 30.2 Å². The second-order valence-corrected chi connectivity index (χ2v) is 5.73. The van der Waals surface area contributed by atoms with Crippen molar-refractivity contribution in [2.75, 3.05) is 0 Å². The number of benzene rings is 1. The maximum Gasteiger partial charge on any atom is 0.373 e. The van der Waals surface area contributed by atoms with Crippen LogP contribution in [0.15, 0.2) is 36.5 Å². The van der Waals surface area contributed by atoms with Crippen LogP contribution in [-0.4, -0.2) is 11.6 Å². The molecule has 3 nitrogen and oxygen atoms in total. The van der Waals surface area contributed by atoms with Crippen molar-refractivity contribution in [3.63, 3.8) is 0 Å². The third kappa shape index (κ3) is 3.31. The monoisotopic (exact) mass is 258 g/mol. The number of pyridine rings is 1.